The van der Waals surface area contributed by atoms with E-state index in [0.717, 1.165) is 31.2 Å². The van der Waals surface area contributed by atoms with Gasteiger partial charge in [-0.05, 0) is 51.7 Å². The lowest BCUT2D eigenvalue weighted by Crippen LogP contribution is -2.45. The molecule has 1 fully saturated rings. The zero-order valence-electron chi connectivity index (χ0n) is 17.1. The van der Waals surface area contributed by atoms with E-state index in [9.17, 15) is 4.39 Å². The molecule has 9 heteroatoms. The van der Waals surface area contributed by atoms with Gasteiger partial charge in [0.15, 0.2) is 17.6 Å². The van der Waals surface area contributed by atoms with Gasteiger partial charge < -0.3 is 20.0 Å². The zero-order chi connectivity index (χ0) is 19.9. The fourth-order valence-electron chi connectivity index (χ4n) is 3.36. The summed E-state index contributed by atoms with van der Waals surface area (Å²) in [5.74, 6) is 1.78. The van der Waals surface area contributed by atoms with Gasteiger partial charge in [-0.1, -0.05) is 0 Å². The molecular weight excluding hydrogens is 486 g/mol. The highest BCUT2D eigenvalue weighted by Crippen LogP contribution is 2.21. The molecular formula is C20H30FIN6O. The highest BCUT2D eigenvalue weighted by atomic mass is 127. The van der Waals surface area contributed by atoms with Crippen LogP contribution < -0.4 is 15.5 Å². The molecule has 2 unspecified atom stereocenters. The molecule has 2 N–H and O–H groups in total. The maximum atomic E-state index is 14.0. The third-order valence-electron chi connectivity index (χ3n) is 4.83. The highest BCUT2D eigenvalue weighted by Gasteiger charge is 2.26. The van der Waals surface area contributed by atoms with Crippen LogP contribution in [0.15, 0.2) is 46.1 Å². The number of nitrogens with zero attached hydrogens (tertiary/aromatic N) is 4. The molecule has 160 valence electrons. The van der Waals surface area contributed by atoms with E-state index in [0.29, 0.717) is 18.9 Å². The van der Waals surface area contributed by atoms with Crippen molar-refractivity contribution in [2.45, 2.75) is 25.4 Å². The van der Waals surface area contributed by atoms with Crippen molar-refractivity contribution in [3.05, 3.63) is 48.3 Å². The Labute approximate surface area is 188 Å². The van der Waals surface area contributed by atoms with Crippen molar-refractivity contribution in [2.75, 3.05) is 45.2 Å². The van der Waals surface area contributed by atoms with Crippen LogP contribution in [0.25, 0.3) is 0 Å². The Morgan fingerprint density at radius 1 is 1.41 bits per heavy atom. The average Bonchev–Trinajstić information content (AvgIpc) is 3.34. The van der Waals surface area contributed by atoms with Gasteiger partial charge in [0.2, 0.25) is 0 Å². The number of nitrogens with one attached hydrogen (secondary N) is 2. The molecule has 0 spiro atoms. The van der Waals surface area contributed by atoms with Gasteiger partial charge in [-0.15, -0.1) is 24.0 Å². The van der Waals surface area contributed by atoms with E-state index in [-0.39, 0.29) is 41.9 Å². The Morgan fingerprint density at radius 2 is 2.24 bits per heavy atom. The number of halogens is 2. The number of rotatable bonds is 7. The smallest absolute Gasteiger partial charge is 0.191 e. The first-order valence-electron chi connectivity index (χ1n) is 9.68. The molecule has 0 aromatic carbocycles. The first-order valence-corrected chi connectivity index (χ1v) is 9.68. The molecule has 1 saturated heterocycles. The number of pyridine rings is 1. The minimum absolute atomic E-state index is 0. The lowest BCUT2D eigenvalue weighted by Gasteiger charge is -2.22. The van der Waals surface area contributed by atoms with Crippen LogP contribution in [-0.4, -0.2) is 62.2 Å². The minimum Gasteiger partial charge on any atom is -0.468 e. The maximum Gasteiger partial charge on any atom is 0.191 e. The molecule has 3 heterocycles. The van der Waals surface area contributed by atoms with E-state index < -0.39 is 0 Å². The summed E-state index contributed by atoms with van der Waals surface area (Å²) in [5, 5.41) is 6.77. The average molecular weight is 516 g/mol. The van der Waals surface area contributed by atoms with Crippen molar-refractivity contribution in [1.82, 2.24) is 20.5 Å². The van der Waals surface area contributed by atoms with Crippen LogP contribution in [0.4, 0.5) is 10.2 Å². The lowest BCUT2D eigenvalue weighted by atomic mass is 10.2. The Bertz CT molecular complexity index is 770. The molecule has 0 bridgehead atoms. The van der Waals surface area contributed by atoms with Gasteiger partial charge in [-0.3, -0.25) is 9.89 Å². The monoisotopic (exact) mass is 516 g/mol. The minimum atomic E-state index is -0.281. The van der Waals surface area contributed by atoms with E-state index in [4.69, 9.17) is 9.41 Å². The van der Waals surface area contributed by atoms with Gasteiger partial charge in [0.25, 0.3) is 0 Å². The summed E-state index contributed by atoms with van der Waals surface area (Å²) >= 11 is 0. The fourth-order valence-corrected chi connectivity index (χ4v) is 3.36. The topological polar surface area (TPSA) is 68.9 Å². The third-order valence-corrected chi connectivity index (χ3v) is 4.83. The van der Waals surface area contributed by atoms with Crippen molar-refractivity contribution >= 4 is 35.8 Å². The predicted molar refractivity (Wildman–Crippen MR) is 124 cm³/mol. The van der Waals surface area contributed by atoms with Gasteiger partial charge in [-0.2, -0.15) is 0 Å². The highest BCUT2D eigenvalue weighted by molar-refractivity contribution is 14.0. The van der Waals surface area contributed by atoms with E-state index in [1.807, 2.05) is 38.1 Å². The van der Waals surface area contributed by atoms with Crippen LogP contribution in [0.2, 0.25) is 0 Å². The Balaban J connectivity index is 0.00000300. The number of likely N-dealkylation sites (N-methyl/N-ethyl adjacent to an activating group) is 1. The second-order valence-corrected chi connectivity index (χ2v) is 7.10. The van der Waals surface area contributed by atoms with Crippen LogP contribution in [0, 0.1) is 5.82 Å². The van der Waals surface area contributed by atoms with E-state index in [1.54, 1.807) is 18.5 Å². The molecule has 3 rings (SSSR count). The van der Waals surface area contributed by atoms with Crippen molar-refractivity contribution in [3.8, 4) is 0 Å². The van der Waals surface area contributed by atoms with Crippen molar-refractivity contribution < 1.29 is 8.81 Å². The predicted octanol–water partition coefficient (Wildman–Crippen LogP) is 2.87. The van der Waals surface area contributed by atoms with Crippen molar-refractivity contribution in [1.29, 1.82) is 0 Å². The summed E-state index contributed by atoms with van der Waals surface area (Å²) in [4.78, 5) is 13.0. The molecule has 0 radical (unpaired) electrons. The molecule has 0 saturated carbocycles. The quantitative estimate of drug-likeness (QED) is 0.335. The molecule has 2 atom stereocenters. The third kappa shape index (κ3) is 6.30. The molecule has 1 aliphatic rings. The standard InChI is InChI=1S/C20H29FN6O.HI/c1-4-22-20(24-13-17(26(2)3)18-8-6-12-28-18)25-15-9-11-27(14-15)19-16(21)7-5-10-23-19;/h5-8,10,12,15,17H,4,9,11,13-14H2,1-3H3,(H2,22,24,25);1H. The lowest BCUT2D eigenvalue weighted by molar-refractivity contribution is 0.265. The van der Waals surface area contributed by atoms with Gasteiger partial charge in [0.05, 0.1) is 18.8 Å². The number of furan rings is 1. The Kier molecular flexibility index (Phi) is 9.15. The molecule has 7 nitrogen and oxygen atoms in total. The first kappa shape index (κ1) is 23.4. The fraction of sp³-hybridized carbons (Fsp3) is 0.500. The molecule has 29 heavy (non-hydrogen) atoms. The molecule has 0 aliphatic carbocycles. The molecule has 0 amide bonds. The summed E-state index contributed by atoms with van der Waals surface area (Å²) in [6.07, 6.45) is 4.21. The van der Waals surface area contributed by atoms with Gasteiger partial charge in [0.1, 0.15) is 5.76 Å². The van der Waals surface area contributed by atoms with Crippen LogP contribution in [0.1, 0.15) is 25.1 Å². The van der Waals surface area contributed by atoms with Crippen LogP contribution in [0.3, 0.4) is 0 Å². The van der Waals surface area contributed by atoms with Gasteiger partial charge in [-0.25, -0.2) is 9.37 Å². The molecule has 2 aromatic rings. The first-order chi connectivity index (χ1) is 13.6. The number of hydrogen-bond acceptors (Lipinski definition) is 5. The normalized spacial score (nSPS) is 17.9. The zero-order valence-corrected chi connectivity index (χ0v) is 19.5. The van der Waals surface area contributed by atoms with Crippen LogP contribution >= 0.6 is 24.0 Å². The van der Waals surface area contributed by atoms with E-state index in [1.165, 1.54) is 6.07 Å². The second kappa shape index (κ2) is 11.3. The van der Waals surface area contributed by atoms with Crippen LogP contribution in [0.5, 0.6) is 0 Å². The number of aromatic nitrogens is 1. The van der Waals surface area contributed by atoms with Crippen molar-refractivity contribution in [3.63, 3.8) is 0 Å². The molecule has 2 aromatic heterocycles. The summed E-state index contributed by atoms with van der Waals surface area (Å²) in [6.45, 7) is 4.83. The summed E-state index contributed by atoms with van der Waals surface area (Å²) in [7, 11) is 4.03. The Hall–Kier alpha value is -1.88. The summed E-state index contributed by atoms with van der Waals surface area (Å²) in [6, 6.07) is 7.17. The van der Waals surface area contributed by atoms with E-state index in [2.05, 4.69) is 20.5 Å². The van der Waals surface area contributed by atoms with Crippen LogP contribution in [-0.2, 0) is 0 Å². The number of aliphatic imine (C=N–C) groups is 1. The van der Waals surface area contributed by atoms with Crippen molar-refractivity contribution in [2.24, 2.45) is 4.99 Å². The Morgan fingerprint density at radius 3 is 2.90 bits per heavy atom. The maximum absolute atomic E-state index is 14.0. The van der Waals surface area contributed by atoms with Gasteiger partial charge >= 0.3 is 0 Å². The second-order valence-electron chi connectivity index (χ2n) is 7.10. The van der Waals surface area contributed by atoms with Gasteiger partial charge in [0, 0.05) is 31.9 Å². The summed E-state index contributed by atoms with van der Waals surface area (Å²) in [5.41, 5.74) is 0. The summed E-state index contributed by atoms with van der Waals surface area (Å²) < 4.78 is 19.6. The number of hydrogen-bond donors (Lipinski definition) is 2. The SMILES string of the molecule is CCNC(=NCC(c1ccco1)N(C)C)NC1CCN(c2ncccc2F)C1.I. The number of guanidine groups is 1. The number of anilines is 1. The molecule has 1 aliphatic heterocycles. The largest absolute Gasteiger partial charge is 0.468 e. The van der Waals surface area contributed by atoms with E-state index >= 15 is 0 Å².